The van der Waals surface area contributed by atoms with Gasteiger partial charge < -0.3 is 61.9 Å². The smallest absolute Gasteiger partial charge is 0.121 e. The third-order valence-electron chi connectivity index (χ3n) is 8.43. The normalized spacial score (nSPS) is 14.9. The van der Waals surface area contributed by atoms with Crippen molar-refractivity contribution < 1.29 is 46.0 Å². The van der Waals surface area contributed by atoms with Crippen molar-refractivity contribution in [1.82, 2.24) is 16.0 Å². The zero-order valence-corrected chi connectivity index (χ0v) is 26.9. The van der Waals surface area contributed by atoms with E-state index in [2.05, 4.69) is 16.0 Å². The molecule has 0 heterocycles. The van der Waals surface area contributed by atoms with Crippen molar-refractivity contribution >= 4 is 0 Å². The van der Waals surface area contributed by atoms with E-state index in [0.717, 1.165) is 25.7 Å². The van der Waals surface area contributed by atoms with Gasteiger partial charge in [0.05, 0.1) is 38.1 Å². The van der Waals surface area contributed by atoms with Crippen LogP contribution in [0, 0.1) is 0 Å². The van der Waals surface area contributed by atoms with Crippen LogP contribution in [-0.2, 0) is 19.8 Å². The predicted molar refractivity (Wildman–Crippen MR) is 178 cm³/mol. The highest BCUT2D eigenvalue weighted by Gasteiger charge is 2.17. The number of aliphatic hydroxyl groups excluding tert-OH is 6. The van der Waals surface area contributed by atoms with E-state index in [1.807, 2.05) is 6.92 Å². The SMILES string of the molecule is CC(CCC(CCCNCC(O)c1ccc(O)c(CO)c1)NCC(O)c1ccc(O)c(CO)c1)NCC(O)c1ccc(O)c(CO)c1. The number of rotatable bonds is 21. The molecule has 0 saturated heterocycles. The van der Waals surface area contributed by atoms with Gasteiger partial charge in [-0.2, -0.15) is 0 Å². The fourth-order valence-corrected chi connectivity index (χ4v) is 5.38. The molecule has 3 rings (SSSR count). The molecule has 3 aromatic carbocycles. The summed E-state index contributed by atoms with van der Waals surface area (Å²) in [4.78, 5) is 0. The zero-order chi connectivity index (χ0) is 34.3. The van der Waals surface area contributed by atoms with Crippen LogP contribution in [0.2, 0.25) is 0 Å². The first kappa shape index (κ1) is 38.2. The molecule has 0 fully saturated rings. The van der Waals surface area contributed by atoms with Crippen LogP contribution < -0.4 is 16.0 Å². The zero-order valence-electron chi connectivity index (χ0n) is 26.9. The summed E-state index contributed by atoms with van der Waals surface area (Å²) in [6.45, 7) is 2.51. The average Bonchev–Trinajstić information content (AvgIpc) is 3.08. The molecule has 47 heavy (non-hydrogen) atoms. The van der Waals surface area contributed by atoms with Crippen LogP contribution in [0.25, 0.3) is 0 Å². The lowest BCUT2D eigenvalue weighted by Crippen LogP contribution is -2.36. The molecule has 0 amide bonds. The van der Waals surface area contributed by atoms with Gasteiger partial charge in [-0.05, 0) is 92.2 Å². The van der Waals surface area contributed by atoms with Gasteiger partial charge in [0.15, 0.2) is 0 Å². The molecule has 12 heteroatoms. The number of hydrogen-bond acceptors (Lipinski definition) is 12. The summed E-state index contributed by atoms with van der Waals surface area (Å²) in [5.41, 5.74) is 2.81. The summed E-state index contributed by atoms with van der Waals surface area (Å²) < 4.78 is 0. The van der Waals surface area contributed by atoms with Gasteiger partial charge in [0.2, 0.25) is 0 Å². The monoisotopic (exact) mass is 657 g/mol. The molecule has 0 bridgehead atoms. The number of aliphatic hydroxyl groups is 6. The van der Waals surface area contributed by atoms with Crippen molar-refractivity contribution in [2.24, 2.45) is 0 Å². The second-order valence-electron chi connectivity index (χ2n) is 12.0. The number of phenols is 3. The van der Waals surface area contributed by atoms with Crippen LogP contribution in [0.5, 0.6) is 17.2 Å². The Hall–Kier alpha value is -3.30. The predicted octanol–water partition coefficient (Wildman–Crippen LogP) is 1.87. The molecule has 0 saturated carbocycles. The summed E-state index contributed by atoms with van der Waals surface area (Å²) in [5, 5.41) is 99.8. The summed E-state index contributed by atoms with van der Waals surface area (Å²) >= 11 is 0. The van der Waals surface area contributed by atoms with Crippen molar-refractivity contribution in [3.8, 4) is 17.2 Å². The van der Waals surface area contributed by atoms with Gasteiger partial charge in [-0.3, -0.25) is 0 Å². The van der Waals surface area contributed by atoms with Crippen LogP contribution in [0.1, 0.15) is 84.3 Å². The van der Waals surface area contributed by atoms with Crippen LogP contribution in [-0.4, -0.2) is 84.2 Å². The van der Waals surface area contributed by atoms with E-state index >= 15 is 0 Å². The molecule has 0 radical (unpaired) electrons. The first-order valence-electron chi connectivity index (χ1n) is 16.1. The van der Waals surface area contributed by atoms with E-state index < -0.39 is 18.3 Å². The summed E-state index contributed by atoms with van der Waals surface area (Å²) in [5.74, 6) is -0.0703. The third kappa shape index (κ3) is 12.0. The number of hydrogen-bond donors (Lipinski definition) is 12. The van der Waals surface area contributed by atoms with Crippen LogP contribution >= 0.6 is 0 Å². The van der Waals surface area contributed by atoms with Gasteiger partial charge in [0, 0.05) is 48.4 Å². The first-order valence-corrected chi connectivity index (χ1v) is 16.1. The van der Waals surface area contributed by atoms with Gasteiger partial charge in [0.25, 0.3) is 0 Å². The molecule has 5 unspecified atom stereocenters. The molecule has 0 aliphatic rings. The molecule has 12 nitrogen and oxygen atoms in total. The molecule has 0 aromatic heterocycles. The van der Waals surface area contributed by atoms with Crippen molar-refractivity contribution in [3.63, 3.8) is 0 Å². The lowest BCUT2D eigenvalue weighted by atomic mass is 10.0. The van der Waals surface area contributed by atoms with Crippen LogP contribution in [0.3, 0.4) is 0 Å². The van der Waals surface area contributed by atoms with E-state index in [1.165, 1.54) is 18.2 Å². The van der Waals surface area contributed by atoms with E-state index in [9.17, 15) is 46.0 Å². The van der Waals surface area contributed by atoms with Gasteiger partial charge in [-0.1, -0.05) is 18.2 Å². The van der Waals surface area contributed by atoms with Gasteiger partial charge in [-0.15, -0.1) is 0 Å². The maximum absolute atomic E-state index is 10.8. The van der Waals surface area contributed by atoms with Crippen LogP contribution in [0.4, 0.5) is 0 Å². The average molecular weight is 658 g/mol. The summed E-state index contributed by atoms with van der Waals surface area (Å²) in [6, 6.07) is 14.1. The number of benzene rings is 3. The Morgan fingerprint density at radius 1 is 0.553 bits per heavy atom. The van der Waals surface area contributed by atoms with Crippen molar-refractivity contribution in [2.45, 2.75) is 82.8 Å². The van der Waals surface area contributed by atoms with Gasteiger partial charge in [0.1, 0.15) is 17.2 Å². The minimum atomic E-state index is -0.856. The molecule has 3 aromatic rings. The summed E-state index contributed by atoms with van der Waals surface area (Å²) in [6.07, 6.45) is 0.603. The molecular formula is C35H51N3O9. The quantitative estimate of drug-likeness (QED) is 0.0739. The Kier molecular flexibility index (Phi) is 15.8. The molecule has 260 valence electrons. The highest BCUT2D eigenvalue weighted by molar-refractivity contribution is 5.38. The fourth-order valence-electron chi connectivity index (χ4n) is 5.38. The Bertz CT molecular complexity index is 1380. The molecule has 12 N–H and O–H groups in total. The Balaban J connectivity index is 1.52. The number of nitrogens with one attached hydrogen (secondary N) is 3. The van der Waals surface area contributed by atoms with E-state index in [4.69, 9.17) is 0 Å². The molecule has 0 aliphatic carbocycles. The lowest BCUT2D eigenvalue weighted by molar-refractivity contribution is 0.163. The largest absolute Gasteiger partial charge is 0.508 e. The van der Waals surface area contributed by atoms with Crippen molar-refractivity contribution in [2.75, 3.05) is 26.2 Å². The van der Waals surface area contributed by atoms with E-state index in [0.29, 0.717) is 46.5 Å². The fraction of sp³-hybridized carbons (Fsp3) is 0.486. The van der Waals surface area contributed by atoms with E-state index in [-0.39, 0.29) is 62.2 Å². The highest BCUT2D eigenvalue weighted by atomic mass is 16.3. The lowest BCUT2D eigenvalue weighted by Gasteiger charge is -2.24. The highest BCUT2D eigenvalue weighted by Crippen LogP contribution is 2.25. The first-order chi connectivity index (χ1) is 22.6. The molecule has 0 aliphatic heterocycles. The Morgan fingerprint density at radius 3 is 1.43 bits per heavy atom. The maximum atomic E-state index is 10.8. The van der Waals surface area contributed by atoms with Crippen molar-refractivity contribution in [1.29, 1.82) is 0 Å². The van der Waals surface area contributed by atoms with Gasteiger partial charge in [-0.25, -0.2) is 0 Å². The molecule has 5 atom stereocenters. The second kappa shape index (κ2) is 19.5. The Morgan fingerprint density at radius 2 is 0.979 bits per heavy atom. The van der Waals surface area contributed by atoms with Crippen molar-refractivity contribution in [3.05, 3.63) is 88.0 Å². The van der Waals surface area contributed by atoms with E-state index in [1.54, 1.807) is 36.4 Å². The maximum Gasteiger partial charge on any atom is 0.121 e. The number of aromatic hydroxyl groups is 3. The standard InChI is InChI=1S/C35H51N3O9/c1-22(37-17-34(46)24-6-10-31(43)27(14-24)20-40)4-8-29(38-18-35(47)25-7-11-32(44)28(15-25)21-41)3-2-12-36-16-33(45)23-5-9-30(42)26(13-23)19-39/h5-7,9-11,13-15,22,29,33-47H,2-4,8,12,16-21H2,1H3. The summed E-state index contributed by atoms with van der Waals surface area (Å²) in [7, 11) is 0. The minimum absolute atomic E-state index is 0.0194. The van der Waals surface area contributed by atoms with Gasteiger partial charge >= 0.3 is 0 Å². The topological polar surface area (TPSA) is 218 Å². The van der Waals surface area contributed by atoms with Crippen LogP contribution in [0.15, 0.2) is 54.6 Å². The minimum Gasteiger partial charge on any atom is -0.508 e. The third-order valence-corrected chi connectivity index (χ3v) is 8.43. The molecular weight excluding hydrogens is 606 g/mol. The second-order valence-corrected chi connectivity index (χ2v) is 12.0. The molecule has 0 spiro atoms. The Labute approximate surface area is 276 Å².